The normalized spacial score (nSPS) is 20.2. The van der Waals surface area contributed by atoms with Crippen molar-refractivity contribution in [2.24, 2.45) is 0 Å². The van der Waals surface area contributed by atoms with Crippen LogP contribution in [-0.2, 0) is 4.74 Å². The topological polar surface area (TPSA) is 91.8 Å². The highest BCUT2D eigenvalue weighted by Gasteiger charge is 2.24. The van der Waals surface area contributed by atoms with E-state index in [0.29, 0.717) is 5.82 Å². The summed E-state index contributed by atoms with van der Waals surface area (Å²) >= 11 is 0. The van der Waals surface area contributed by atoms with Crippen LogP contribution in [0.25, 0.3) is 38.9 Å². The number of hydrogen-bond acceptors (Lipinski definition) is 7. The van der Waals surface area contributed by atoms with Gasteiger partial charge in [-0.3, -0.25) is 4.98 Å². The van der Waals surface area contributed by atoms with E-state index in [1.54, 1.807) is 0 Å². The van der Waals surface area contributed by atoms with Gasteiger partial charge >= 0.3 is 0 Å². The van der Waals surface area contributed by atoms with E-state index in [1.807, 2.05) is 24.7 Å². The summed E-state index contributed by atoms with van der Waals surface area (Å²) in [6.07, 6.45) is 14.1. The Hall–Kier alpha value is -3.62. The number of piperazine rings is 1. The maximum Gasteiger partial charge on any atom is 0.163 e. The van der Waals surface area contributed by atoms with Crippen LogP contribution in [0, 0.1) is 0 Å². The number of pyridine rings is 2. The fraction of sp³-hybridized carbons (Fsp3) is 0.308. The van der Waals surface area contributed by atoms with Crippen LogP contribution in [0.5, 0.6) is 0 Å². The smallest absolute Gasteiger partial charge is 0.163 e. The Bertz CT molecular complexity index is 1460. The number of nitrogens with one attached hydrogen (secondary N) is 2. The molecule has 1 aliphatic carbocycles. The number of nitrogens with zero attached hydrogens (tertiary/aromatic N) is 5. The predicted molar refractivity (Wildman–Crippen MR) is 133 cm³/mol. The lowest BCUT2D eigenvalue weighted by Gasteiger charge is -2.30. The maximum absolute atomic E-state index is 5.90. The maximum atomic E-state index is 5.90. The van der Waals surface area contributed by atoms with Crippen LogP contribution in [0.1, 0.15) is 30.2 Å². The molecule has 0 radical (unpaired) electrons. The molecule has 0 amide bonds. The Balaban J connectivity index is 1.43. The van der Waals surface area contributed by atoms with Gasteiger partial charge in [0.2, 0.25) is 0 Å². The van der Waals surface area contributed by atoms with Crippen molar-refractivity contribution in [3.05, 3.63) is 60.2 Å². The minimum Gasteiger partial charge on any atom is -0.372 e. The fourth-order valence-electron chi connectivity index (χ4n) is 5.12. The number of fused-ring (bicyclic) bond motifs is 2. The Labute approximate surface area is 196 Å². The van der Waals surface area contributed by atoms with Crippen LogP contribution in [0.4, 0.5) is 5.82 Å². The van der Waals surface area contributed by atoms with Gasteiger partial charge in [-0.05, 0) is 30.5 Å². The average Bonchev–Trinajstić information content (AvgIpc) is 3.53. The molecule has 8 nitrogen and oxygen atoms in total. The minimum absolute atomic E-state index is 0.103. The second kappa shape index (κ2) is 8.00. The zero-order valence-corrected chi connectivity index (χ0v) is 18.8. The molecule has 0 bridgehead atoms. The summed E-state index contributed by atoms with van der Waals surface area (Å²) in [6, 6.07) is 4.16. The summed E-state index contributed by atoms with van der Waals surface area (Å²) in [5.74, 6) is 1.67. The minimum atomic E-state index is 0.103. The molecule has 0 saturated carbocycles. The Morgan fingerprint density at radius 3 is 2.79 bits per heavy atom. The lowest BCUT2D eigenvalue weighted by Crippen LogP contribution is -2.44. The monoisotopic (exact) mass is 451 g/mol. The molecule has 7 rings (SSSR count). The molecular weight excluding hydrogens is 426 g/mol. The fourth-order valence-corrected chi connectivity index (χ4v) is 5.12. The van der Waals surface area contributed by atoms with Gasteiger partial charge in [0.15, 0.2) is 5.82 Å². The van der Waals surface area contributed by atoms with Crippen LogP contribution in [0.3, 0.4) is 0 Å². The molecule has 2 aliphatic heterocycles. The van der Waals surface area contributed by atoms with E-state index >= 15 is 0 Å². The van der Waals surface area contributed by atoms with Crippen molar-refractivity contribution in [2.75, 3.05) is 37.7 Å². The number of anilines is 1. The van der Waals surface area contributed by atoms with Crippen molar-refractivity contribution < 1.29 is 4.74 Å². The molecule has 8 heteroatoms. The highest BCUT2D eigenvalue weighted by Crippen LogP contribution is 2.37. The van der Waals surface area contributed by atoms with Gasteiger partial charge in [0.25, 0.3) is 0 Å². The highest BCUT2D eigenvalue weighted by atomic mass is 16.5. The Morgan fingerprint density at radius 1 is 1.09 bits per heavy atom. The third kappa shape index (κ3) is 3.21. The second-order valence-corrected chi connectivity index (χ2v) is 9.02. The number of H-pyrrole nitrogens is 1. The van der Waals surface area contributed by atoms with E-state index in [1.165, 1.54) is 5.57 Å². The zero-order chi connectivity index (χ0) is 22.5. The van der Waals surface area contributed by atoms with Gasteiger partial charge in [0.1, 0.15) is 11.5 Å². The number of hydrogen-bond donors (Lipinski definition) is 2. The van der Waals surface area contributed by atoms with Crippen molar-refractivity contribution in [1.82, 2.24) is 30.2 Å². The number of allylic oxidation sites excluding steroid dienone is 4. The molecule has 3 aliphatic rings. The van der Waals surface area contributed by atoms with Gasteiger partial charge < -0.3 is 19.9 Å². The lowest BCUT2D eigenvalue weighted by atomic mass is 9.97. The third-order valence-corrected chi connectivity index (χ3v) is 6.94. The second-order valence-electron chi connectivity index (χ2n) is 9.02. The molecule has 170 valence electrons. The zero-order valence-electron chi connectivity index (χ0n) is 18.8. The average molecular weight is 452 g/mol. The Morgan fingerprint density at radius 2 is 2.00 bits per heavy atom. The predicted octanol–water partition coefficient (Wildman–Crippen LogP) is 3.78. The van der Waals surface area contributed by atoms with Crippen molar-refractivity contribution in [1.29, 1.82) is 0 Å². The van der Waals surface area contributed by atoms with Gasteiger partial charge in [0, 0.05) is 67.4 Å². The van der Waals surface area contributed by atoms with Gasteiger partial charge in [-0.25, -0.2) is 15.0 Å². The van der Waals surface area contributed by atoms with Crippen LogP contribution in [-0.4, -0.2) is 57.7 Å². The molecule has 0 spiro atoms. The quantitative estimate of drug-likeness (QED) is 0.488. The van der Waals surface area contributed by atoms with Crippen molar-refractivity contribution in [3.8, 4) is 11.4 Å². The largest absolute Gasteiger partial charge is 0.372 e. The molecule has 4 aromatic rings. The summed E-state index contributed by atoms with van der Waals surface area (Å²) in [6.45, 7) is 4.49. The molecule has 6 heterocycles. The van der Waals surface area contributed by atoms with E-state index in [2.05, 4.69) is 49.5 Å². The standard InChI is InChI=1S/C26H25N7O/c1-3-16(4-1)19-14-28-15-21-23(19)26(33-10-8-27-9-11-33)32-25(31-21)17-6-7-29-24-18(17)13-20(30-24)22-5-2-12-34-22/h1,3-4,6-7,13-15,22,27H,2,5,8-12H2,(H,29,30). The first-order chi connectivity index (χ1) is 16.8. The molecule has 2 N–H and O–H groups in total. The molecule has 2 fully saturated rings. The number of rotatable bonds is 4. The summed E-state index contributed by atoms with van der Waals surface area (Å²) in [4.78, 5) is 25.1. The van der Waals surface area contributed by atoms with Crippen molar-refractivity contribution in [2.45, 2.75) is 18.9 Å². The summed E-state index contributed by atoms with van der Waals surface area (Å²) < 4.78 is 5.90. The van der Waals surface area contributed by atoms with E-state index in [9.17, 15) is 0 Å². The number of ether oxygens (including phenoxy) is 1. The summed E-state index contributed by atoms with van der Waals surface area (Å²) in [5.41, 5.74) is 6.00. The van der Waals surface area contributed by atoms with Crippen molar-refractivity contribution >= 4 is 33.3 Å². The van der Waals surface area contributed by atoms with Gasteiger partial charge in [-0.15, -0.1) is 0 Å². The molecule has 0 aromatic carbocycles. The van der Waals surface area contributed by atoms with Gasteiger partial charge in [-0.2, -0.15) is 0 Å². The third-order valence-electron chi connectivity index (χ3n) is 6.94. The molecule has 1 atom stereocenters. The van der Waals surface area contributed by atoms with E-state index in [-0.39, 0.29) is 6.10 Å². The van der Waals surface area contributed by atoms with E-state index < -0.39 is 0 Å². The molecule has 1 unspecified atom stereocenters. The van der Waals surface area contributed by atoms with Crippen LogP contribution >= 0.6 is 0 Å². The summed E-state index contributed by atoms with van der Waals surface area (Å²) in [7, 11) is 0. The van der Waals surface area contributed by atoms with Crippen LogP contribution in [0.15, 0.2) is 49.0 Å². The van der Waals surface area contributed by atoms with Crippen molar-refractivity contribution in [3.63, 3.8) is 0 Å². The first-order valence-electron chi connectivity index (χ1n) is 11.9. The lowest BCUT2D eigenvalue weighted by molar-refractivity contribution is 0.109. The highest BCUT2D eigenvalue weighted by molar-refractivity contribution is 6.03. The molecule has 34 heavy (non-hydrogen) atoms. The van der Waals surface area contributed by atoms with E-state index in [4.69, 9.17) is 14.7 Å². The molecule has 4 aromatic heterocycles. The number of aromatic amines is 1. The SMILES string of the molecule is C1=CC(c2cncc3nc(-c4ccnc5[nH]c(C6CCCO6)cc45)nc(N4CCNCC4)c23)=C1. The molecular formula is C26H25N7O. The van der Waals surface area contributed by atoms with Gasteiger partial charge in [0.05, 0.1) is 23.2 Å². The first kappa shape index (κ1) is 19.8. The summed E-state index contributed by atoms with van der Waals surface area (Å²) in [5, 5.41) is 5.53. The van der Waals surface area contributed by atoms with Gasteiger partial charge in [-0.1, -0.05) is 18.2 Å². The van der Waals surface area contributed by atoms with E-state index in [0.717, 1.165) is 90.2 Å². The molecule has 2 saturated heterocycles. The Kier molecular flexibility index (Phi) is 4.66. The van der Waals surface area contributed by atoms with Crippen LogP contribution in [0.2, 0.25) is 0 Å². The van der Waals surface area contributed by atoms with Crippen LogP contribution < -0.4 is 10.2 Å². The number of aromatic nitrogens is 5. The first-order valence-corrected chi connectivity index (χ1v) is 11.9.